The minimum Gasteiger partial charge on any atom is -0.383 e. The highest BCUT2D eigenvalue weighted by Crippen LogP contribution is 2.48. The number of benzene rings is 1. The van der Waals surface area contributed by atoms with Crippen molar-refractivity contribution in [2.75, 3.05) is 7.05 Å². The van der Waals surface area contributed by atoms with Crippen LogP contribution in [-0.4, -0.2) is 28.6 Å². The average Bonchev–Trinajstić information content (AvgIpc) is 2.35. The number of aliphatic hydroxyl groups is 1. The molecule has 0 unspecified atom stereocenters. The Balaban J connectivity index is 2.53. The van der Waals surface area contributed by atoms with Crippen molar-refractivity contribution < 1.29 is 5.11 Å². The lowest BCUT2D eigenvalue weighted by atomic mass is 9.64. The molecule has 1 fully saturated rings. The van der Waals surface area contributed by atoms with Crippen LogP contribution in [0.4, 0.5) is 0 Å². The second-order valence-corrected chi connectivity index (χ2v) is 6.29. The van der Waals surface area contributed by atoms with Crippen molar-refractivity contribution >= 4 is 0 Å². The van der Waals surface area contributed by atoms with Gasteiger partial charge in [-0.2, -0.15) is 0 Å². The highest BCUT2D eigenvalue weighted by Gasteiger charge is 2.55. The standard InChI is InChI=1S/C16H25NO/c1-12-11-13(2)17(5)15(3,4)16(12,18)14-9-7-6-8-10-14/h6-10,12-13,18H,11H2,1-5H3/t12-,13-,16+/m1/s1. The Morgan fingerprint density at radius 2 is 1.72 bits per heavy atom. The van der Waals surface area contributed by atoms with Gasteiger partial charge in [-0.1, -0.05) is 37.3 Å². The van der Waals surface area contributed by atoms with Crippen molar-refractivity contribution in [3.63, 3.8) is 0 Å². The van der Waals surface area contributed by atoms with E-state index in [1.165, 1.54) is 0 Å². The quantitative estimate of drug-likeness (QED) is 0.824. The average molecular weight is 247 g/mol. The van der Waals surface area contributed by atoms with Crippen molar-refractivity contribution in [3.8, 4) is 0 Å². The zero-order valence-corrected chi connectivity index (χ0v) is 12.1. The molecule has 3 atom stereocenters. The largest absolute Gasteiger partial charge is 0.383 e. The summed E-state index contributed by atoms with van der Waals surface area (Å²) in [7, 11) is 2.12. The number of nitrogens with zero attached hydrogens (tertiary/aromatic N) is 1. The molecule has 1 aliphatic heterocycles. The van der Waals surface area contributed by atoms with Crippen LogP contribution in [0.2, 0.25) is 0 Å². The summed E-state index contributed by atoms with van der Waals surface area (Å²) in [4.78, 5) is 2.31. The molecule has 2 heteroatoms. The van der Waals surface area contributed by atoms with E-state index in [-0.39, 0.29) is 11.5 Å². The van der Waals surface area contributed by atoms with E-state index in [0.717, 1.165) is 12.0 Å². The van der Waals surface area contributed by atoms with Crippen molar-refractivity contribution in [1.82, 2.24) is 4.90 Å². The Hall–Kier alpha value is -0.860. The molecule has 1 aliphatic rings. The van der Waals surface area contributed by atoms with Crippen LogP contribution in [0.25, 0.3) is 0 Å². The van der Waals surface area contributed by atoms with Gasteiger partial charge in [0.05, 0.1) is 0 Å². The molecule has 0 saturated carbocycles. The van der Waals surface area contributed by atoms with E-state index < -0.39 is 5.60 Å². The SMILES string of the molecule is C[C@@H]1C[C@@H](C)[C@](O)(c2ccccc2)C(C)(C)N1C. The number of rotatable bonds is 1. The second-order valence-electron chi connectivity index (χ2n) is 6.29. The van der Waals surface area contributed by atoms with Gasteiger partial charge in [-0.25, -0.2) is 0 Å². The first-order valence-electron chi connectivity index (χ1n) is 6.82. The lowest BCUT2D eigenvalue weighted by Gasteiger charge is -2.58. The third kappa shape index (κ3) is 1.70. The molecular weight excluding hydrogens is 222 g/mol. The molecule has 1 N–H and O–H groups in total. The third-order valence-corrected chi connectivity index (χ3v) is 5.10. The first-order chi connectivity index (χ1) is 8.31. The van der Waals surface area contributed by atoms with Gasteiger partial charge in [-0.3, -0.25) is 4.90 Å². The molecule has 18 heavy (non-hydrogen) atoms. The Labute approximate surface area is 111 Å². The van der Waals surface area contributed by atoms with Gasteiger partial charge in [0.2, 0.25) is 0 Å². The molecule has 1 saturated heterocycles. The number of likely N-dealkylation sites (N-methyl/N-ethyl adjacent to an activating group) is 1. The summed E-state index contributed by atoms with van der Waals surface area (Å²) in [6, 6.07) is 10.6. The van der Waals surface area contributed by atoms with E-state index in [1.54, 1.807) is 0 Å². The molecule has 0 amide bonds. The fourth-order valence-corrected chi connectivity index (χ4v) is 3.59. The van der Waals surface area contributed by atoms with E-state index in [2.05, 4.69) is 39.6 Å². The van der Waals surface area contributed by atoms with E-state index in [1.807, 2.05) is 30.3 Å². The first kappa shape index (κ1) is 13.6. The minimum atomic E-state index is -0.796. The molecule has 0 bridgehead atoms. The number of piperidine rings is 1. The van der Waals surface area contributed by atoms with Gasteiger partial charge in [0, 0.05) is 11.6 Å². The van der Waals surface area contributed by atoms with Crippen molar-refractivity contribution in [1.29, 1.82) is 0 Å². The van der Waals surface area contributed by atoms with Gasteiger partial charge in [-0.15, -0.1) is 0 Å². The summed E-state index contributed by atoms with van der Waals surface area (Å²) < 4.78 is 0. The molecule has 2 nitrogen and oxygen atoms in total. The lowest BCUT2D eigenvalue weighted by Crippen LogP contribution is -2.66. The predicted octanol–water partition coefficient (Wildman–Crippen LogP) is 3.01. The van der Waals surface area contributed by atoms with Crippen LogP contribution in [0.3, 0.4) is 0 Å². The summed E-state index contributed by atoms with van der Waals surface area (Å²) in [6.45, 7) is 8.69. The Kier molecular flexibility index (Phi) is 3.28. The van der Waals surface area contributed by atoms with Crippen molar-refractivity contribution in [3.05, 3.63) is 35.9 Å². The number of hydrogen-bond acceptors (Lipinski definition) is 2. The summed E-state index contributed by atoms with van der Waals surface area (Å²) >= 11 is 0. The second kappa shape index (κ2) is 4.36. The van der Waals surface area contributed by atoms with Crippen molar-refractivity contribution in [2.45, 2.75) is 51.3 Å². The molecule has 1 heterocycles. The van der Waals surface area contributed by atoms with Crippen LogP contribution in [0.1, 0.15) is 39.7 Å². The fraction of sp³-hybridized carbons (Fsp3) is 0.625. The fourth-order valence-electron chi connectivity index (χ4n) is 3.59. The highest BCUT2D eigenvalue weighted by atomic mass is 16.3. The summed E-state index contributed by atoms with van der Waals surface area (Å²) in [5.41, 5.74) is -0.0396. The molecule has 100 valence electrons. The van der Waals surface area contributed by atoms with Gasteiger partial charge in [0.1, 0.15) is 5.60 Å². The maximum Gasteiger partial charge on any atom is 0.110 e. The van der Waals surface area contributed by atoms with Crippen LogP contribution >= 0.6 is 0 Å². The van der Waals surface area contributed by atoms with Gasteiger partial charge < -0.3 is 5.11 Å². The van der Waals surface area contributed by atoms with Crippen LogP contribution in [0.15, 0.2) is 30.3 Å². The molecule has 2 rings (SSSR count). The lowest BCUT2D eigenvalue weighted by molar-refractivity contribution is -0.175. The van der Waals surface area contributed by atoms with Crippen LogP contribution in [-0.2, 0) is 5.60 Å². The Morgan fingerprint density at radius 3 is 2.28 bits per heavy atom. The van der Waals surface area contributed by atoms with Crippen LogP contribution in [0.5, 0.6) is 0 Å². The number of likely N-dealkylation sites (tertiary alicyclic amines) is 1. The maximum atomic E-state index is 11.4. The first-order valence-corrected chi connectivity index (χ1v) is 6.82. The normalized spacial score (nSPS) is 36.6. The van der Waals surface area contributed by atoms with Crippen LogP contribution < -0.4 is 0 Å². The molecule has 0 aromatic heterocycles. The Bertz CT molecular complexity index is 414. The van der Waals surface area contributed by atoms with Gasteiger partial charge in [0.25, 0.3) is 0 Å². The van der Waals surface area contributed by atoms with E-state index >= 15 is 0 Å². The van der Waals surface area contributed by atoms with Gasteiger partial charge >= 0.3 is 0 Å². The van der Waals surface area contributed by atoms with E-state index in [4.69, 9.17) is 0 Å². The smallest absolute Gasteiger partial charge is 0.110 e. The van der Waals surface area contributed by atoms with Crippen LogP contribution in [0, 0.1) is 5.92 Å². The number of hydrogen-bond donors (Lipinski definition) is 1. The van der Waals surface area contributed by atoms with E-state index in [0.29, 0.717) is 6.04 Å². The van der Waals surface area contributed by atoms with E-state index in [9.17, 15) is 5.11 Å². The summed E-state index contributed by atoms with van der Waals surface area (Å²) in [6.07, 6.45) is 1.02. The molecular formula is C16H25NO. The Morgan fingerprint density at radius 1 is 1.17 bits per heavy atom. The summed E-state index contributed by atoms with van der Waals surface area (Å²) in [5.74, 6) is 0.251. The molecule has 0 spiro atoms. The third-order valence-electron chi connectivity index (χ3n) is 5.10. The minimum absolute atomic E-state index is 0.251. The summed E-state index contributed by atoms with van der Waals surface area (Å²) in [5, 5.41) is 11.4. The van der Waals surface area contributed by atoms with Gasteiger partial charge in [0.15, 0.2) is 0 Å². The molecule has 0 aliphatic carbocycles. The zero-order valence-electron chi connectivity index (χ0n) is 12.1. The highest BCUT2D eigenvalue weighted by molar-refractivity contribution is 5.29. The molecule has 1 aromatic rings. The predicted molar refractivity (Wildman–Crippen MR) is 75.4 cm³/mol. The molecule has 1 aromatic carbocycles. The van der Waals surface area contributed by atoms with Crippen molar-refractivity contribution in [2.24, 2.45) is 5.92 Å². The van der Waals surface area contributed by atoms with Gasteiger partial charge in [-0.05, 0) is 45.7 Å². The topological polar surface area (TPSA) is 23.5 Å². The zero-order chi connectivity index (χ0) is 13.6. The monoisotopic (exact) mass is 247 g/mol. The molecule has 0 radical (unpaired) electrons. The maximum absolute atomic E-state index is 11.4.